The number of benzene rings is 1. The molecule has 0 unspecified atom stereocenters. The summed E-state index contributed by atoms with van der Waals surface area (Å²) in [5, 5.41) is 13.5. The van der Waals surface area contributed by atoms with Crippen LogP contribution in [0, 0.1) is 5.92 Å². The number of esters is 1. The number of ether oxygens (including phenoxy) is 1. The molecular weight excluding hydrogens is 278 g/mol. The van der Waals surface area contributed by atoms with Crippen LogP contribution in [-0.4, -0.2) is 29.8 Å². The van der Waals surface area contributed by atoms with E-state index in [9.17, 15) is 9.90 Å². The molecule has 4 nitrogen and oxygen atoms in total. The fourth-order valence-corrected chi connectivity index (χ4v) is 2.74. The number of carbonyl (C=O) groups excluding carboxylic acids is 1. The molecule has 5 heteroatoms. The van der Waals surface area contributed by atoms with Crippen LogP contribution >= 0.6 is 11.6 Å². The summed E-state index contributed by atoms with van der Waals surface area (Å²) in [6, 6.07) is 4.39. The summed E-state index contributed by atoms with van der Waals surface area (Å²) in [7, 11) is 0. The topological polar surface area (TPSA) is 58.6 Å². The number of hydrogen-bond acceptors (Lipinski definition) is 4. The van der Waals surface area contributed by atoms with Gasteiger partial charge in [-0.1, -0.05) is 11.6 Å². The Morgan fingerprint density at radius 2 is 2.05 bits per heavy atom. The second kappa shape index (κ2) is 6.02. The van der Waals surface area contributed by atoms with Crippen molar-refractivity contribution in [2.75, 3.05) is 13.1 Å². The number of nitrogens with one attached hydrogen (secondary N) is 1. The Hall–Kier alpha value is -1.26. The van der Waals surface area contributed by atoms with Gasteiger partial charge < -0.3 is 15.2 Å². The Balaban J connectivity index is 2.09. The molecule has 1 fully saturated rings. The van der Waals surface area contributed by atoms with Crippen molar-refractivity contribution in [3.8, 4) is 5.75 Å². The van der Waals surface area contributed by atoms with Gasteiger partial charge in [0.15, 0.2) is 0 Å². The lowest BCUT2D eigenvalue weighted by Crippen LogP contribution is -2.42. The number of piperidine rings is 1. The maximum absolute atomic E-state index is 12.2. The lowest BCUT2D eigenvalue weighted by atomic mass is 9.83. The summed E-state index contributed by atoms with van der Waals surface area (Å²) in [5.74, 6) is -0.339. The highest BCUT2D eigenvalue weighted by Crippen LogP contribution is 2.31. The summed E-state index contributed by atoms with van der Waals surface area (Å²) >= 11 is 5.76. The van der Waals surface area contributed by atoms with Crippen molar-refractivity contribution in [2.45, 2.75) is 32.3 Å². The minimum absolute atomic E-state index is 0.149. The molecule has 0 aromatic heterocycles. The van der Waals surface area contributed by atoms with Gasteiger partial charge in [0.2, 0.25) is 0 Å². The van der Waals surface area contributed by atoms with E-state index in [1.54, 1.807) is 6.07 Å². The largest absolute Gasteiger partial charge is 0.507 e. The van der Waals surface area contributed by atoms with Gasteiger partial charge >= 0.3 is 5.97 Å². The SMILES string of the molecule is CC(C)(OC(=O)c1ccc(Cl)cc1O)C1CCNCC1. The maximum Gasteiger partial charge on any atom is 0.342 e. The van der Waals surface area contributed by atoms with Gasteiger partial charge in [0.05, 0.1) is 0 Å². The average Bonchev–Trinajstić information content (AvgIpc) is 2.39. The number of rotatable bonds is 3. The molecule has 0 bridgehead atoms. The number of carbonyl (C=O) groups is 1. The third-order valence-corrected chi connectivity index (χ3v) is 4.09. The predicted octanol–water partition coefficient (Wildman–Crippen LogP) is 2.98. The minimum atomic E-state index is -0.550. The van der Waals surface area contributed by atoms with Crippen LogP contribution in [0.2, 0.25) is 5.02 Å². The van der Waals surface area contributed by atoms with Gasteiger partial charge in [0.25, 0.3) is 0 Å². The van der Waals surface area contributed by atoms with E-state index in [0.29, 0.717) is 10.9 Å². The lowest BCUT2D eigenvalue weighted by Gasteiger charge is -2.36. The van der Waals surface area contributed by atoms with Crippen molar-refractivity contribution in [3.05, 3.63) is 28.8 Å². The third-order valence-electron chi connectivity index (χ3n) is 3.86. The first-order valence-electron chi connectivity index (χ1n) is 6.83. The van der Waals surface area contributed by atoms with E-state index in [2.05, 4.69) is 5.32 Å². The molecule has 0 spiro atoms. The van der Waals surface area contributed by atoms with E-state index < -0.39 is 11.6 Å². The van der Waals surface area contributed by atoms with Gasteiger partial charge in [0, 0.05) is 10.9 Å². The van der Waals surface area contributed by atoms with Crippen LogP contribution < -0.4 is 5.32 Å². The quantitative estimate of drug-likeness (QED) is 0.842. The smallest absolute Gasteiger partial charge is 0.342 e. The zero-order chi connectivity index (χ0) is 14.8. The van der Waals surface area contributed by atoms with E-state index in [1.165, 1.54) is 12.1 Å². The fourth-order valence-electron chi connectivity index (χ4n) is 2.57. The van der Waals surface area contributed by atoms with Gasteiger partial charge in [-0.05, 0) is 58.0 Å². The van der Waals surface area contributed by atoms with E-state index in [1.807, 2.05) is 13.8 Å². The molecule has 110 valence electrons. The Morgan fingerprint density at radius 3 is 2.65 bits per heavy atom. The summed E-state index contributed by atoms with van der Waals surface area (Å²) in [5.41, 5.74) is -0.401. The van der Waals surface area contributed by atoms with Crippen molar-refractivity contribution in [3.63, 3.8) is 0 Å². The van der Waals surface area contributed by atoms with Crippen molar-refractivity contribution < 1.29 is 14.6 Å². The Labute approximate surface area is 124 Å². The molecule has 2 N–H and O–H groups in total. The molecule has 2 rings (SSSR count). The van der Waals surface area contributed by atoms with E-state index in [-0.39, 0.29) is 11.3 Å². The Kier molecular flexibility index (Phi) is 4.55. The Bertz CT molecular complexity index is 496. The lowest BCUT2D eigenvalue weighted by molar-refractivity contribution is -0.0369. The molecule has 1 aliphatic rings. The van der Waals surface area contributed by atoms with Crippen LogP contribution in [0.5, 0.6) is 5.75 Å². The Morgan fingerprint density at radius 1 is 1.40 bits per heavy atom. The van der Waals surface area contributed by atoms with Gasteiger partial charge in [-0.3, -0.25) is 0 Å². The number of aromatic hydroxyl groups is 1. The molecule has 0 amide bonds. The van der Waals surface area contributed by atoms with Crippen LogP contribution in [0.3, 0.4) is 0 Å². The highest BCUT2D eigenvalue weighted by atomic mass is 35.5. The zero-order valence-corrected chi connectivity index (χ0v) is 12.5. The summed E-state index contributed by atoms with van der Waals surface area (Å²) in [6.07, 6.45) is 1.96. The van der Waals surface area contributed by atoms with Crippen LogP contribution in [0.15, 0.2) is 18.2 Å². The fraction of sp³-hybridized carbons (Fsp3) is 0.533. The second-order valence-electron chi connectivity index (χ2n) is 5.68. The predicted molar refractivity (Wildman–Crippen MR) is 78.2 cm³/mol. The maximum atomic E-state index is 12.2. The minimum Gasteiger partial charge on any atom is -0.507 e. The molecule has 1 aromatic carbocycles. The van der Waals surface area contributed by atoms with Crippen molar-refractivity contribution in [2.24, 2.45) is 5.92 Å². The molecule has 0 atom stereocenters. The summed E-state index contributed by atoms with van der Waals surface area (Å²) < 4.78 is 5.61. The van der Waals surface area contributed by atoms with Crippen molar-refractivity contribution in [1.82, 2.24) is 5.32 Å². The monoisotopic (exact) mass is 297 g/mol. The van der Waals surface area contributed by atoms with E-state index in [0.717, 1.165) is 25.9 Å². The molecule has 1 saturated heterocycles. The first kappa shape index (κ1) is 15.1. The number of phenolic OH excluding ortho intramolecular Hbond substituents is 1. The highest BCUT2D eigenvalue weighted by molar-refractivity contribution is 6.30. The van der Waals surface area contributed by atoms with Gasteiger partial charge in [-0.15, -0.1) is 0 Å². The molecule has 0 saturated carbocycles. The molecule has 0 aliphatic carbocycles. The third kappa shape index (κ3) is 3.44. The van der Waals surface area contributed by atoms with Crippen molar-refractivity contribution in [1.29, 1.82) is 0 Å². The molecule has 20 heavy (non-hydrogen) atoms. The van der Waals surface area contributed by atoms with Crippen LogP contribution in [0.1, 0.15) is 37.0 Å². The van der Waals surface area contributed by atoms with Gasteiger partial charge in [-0.25, -0.2) is 4.79 Å². The van der Waals surface area contributed by atoms with Gasteiger partial charge in [0.1, 0.15) is 16.9 Å². The number of hydrogen-bond donors (Lipinski definition) is 2. The normalized spacial score (nSPS) is 16.9. The second-order valence-corrected chi connectivity index (χ2v) is 6.12. The summed E-state index contributed by atoms with van der Waals surface area (Å²) in [6.45, 7) is 5.73. The highest BCUT2D eigenvalue weighted by Gasteiger charge is 2.34. The zero-order valence-electron chi connectivity index (χ0n) is 11.8. The first-order valence-corrected chi connectivity index (χ1v) is 7.20. The van der Waals surface area contributed by atoms with E-state index >= 15 is 0 Å². The number of phenols is 1. The van der Waals surface area contributed by atoms with Crippen LogP contribution in [0.4, 0.5) is 0 Å². The standard InChI is InChI=1S/C15H20ClNO3/c1-15(2,10-5-7-17-8-6-10)20-14(19)12-4-3-11(16)9-13(12)18/h3-4,9-10,17-18H,5-8H2,1-2H3. The molecule has 1 aromatic rings. The van der Waals surface area contributed by atoms with E-state index in [4.69, 9.17) is 16.3 Å². The van der Waals surface area contributed by atoms with Crippen LogP contribution in [0.25, 0.3) is 0 Å². The molecule has 1 aliphatic heterocycles. The van der Waals surface area contributed by atoms with Crippen LogP contribution in [-0.2, 0) is 4.74 Å². The first-order chi connectivity index (χ1) is 9.40. The van der Waals surface area contributed by atoms with Gasteiger partial charge in [-0.2, -0.15) is 0 Å². The number of halogens is 1. The molecular formula is C15H20ClNO3. The average molecular weight is 298 g/mol. The molecule has 0 radical (unpaired) electrons. The summed E-state index contributed by atoms with van der Waals surface area (Å²) in [4.78, 5) is 12.2. The van der Waals surface area contributed by atoms with Crippen molar-refractivity contribution >= 4 is 17.6 Å². The molecule has 1 heterocycles.